The number of halogens is 4. The molecule has 154 valence electrons. The SMILES string of the molecule is COC1=C(C(=O)O)C(C)c2ccc(C(F)(F)F)cc2N1Cc1ccc(C)c(F)c1. The van der Waals surface area contributed by atoms with E-state index in [1.165, 1.54) is 24.1 Å². The van der Waals surface area contributed by atoms with Gasteiger partial charge in [0.05, 0.1) is 19.2 Å². The van der Waals surface area contributed by atoms with E-state index in [1.54, 1.807) is 26.0 Å². The molecule has 29 heavy (non-hydrogen) atoms. The van der Waals surface area contributed by atoms with Gasteiger partial charge in [-0.1, -0.05) is 25.1 Å². The van der Waals surface area contributed by atoms with E-state index < -0.39 is 29.4 Å². The van der Waals surface area contributed by atoms with E-state index in [4.69, 9.17) is 4.74 Å². The van der Waals surface area contributed by atoms with Gasteiger partial charge in [-0.15, -0.1) is 0 Å². The van der Waals surface area contributed by atoms with E-state index in [2.05, 4.69) is 0 Å². The molecule has 0 spiro atoms. The van der Waals surface area contributed by atoms with Gasteiger partial charge in [-0.2, -0.15) is 13.2 Å². The summed E-state index contributed by atoms with van der Waals surface area (Å²) >= 11 is 0. The van der Waals surface area contributed by atoms with Crippen molar-refractivity contribution >= 4 is 11.7 Å². The van der Waals surface area contributed by atoms with Crippen LogP contribution in [0.25, 0.3) is 0 Å². The van der Waals surface area contributed by atoms with Gasteiger partial charge in [0.2, 0.25) is 5.88 Å². The average molecular weight is 409 g/mol. The lowest BCUT2D eigenvalue weighted by atomic mass is 9.87. The van der Waals surface area contributed by atoms with Crippen molar-refractivity contribution in [1.82, 2.24) is 0 Å². The minimum absolute atomic E-state index is 0.0574. The second-order valence-electron chi connectivity index (χ2n) is 6.89. The molecule has 1 heterocycles. The van der Waals surface area contributed by atoms with Gasteiger partial charge in [0.1, 0.15) is 11.4 Å². The van der Waals surface area contributed by atoms with Crippen LogP contribution in [-0.4, -0.2) is 18.2 Å². The van der Waals surface area contributed by atoms with Crippen LogP contribution in [-0.2, 0) is 22.3 Å². The number of fused-ring (bicyclic) bond motifs is 1. The number of aliphatic carboxylic acids is 1. The summed E-state index contributed by atoms with van der Waals surface area (Å²) < 4.78 is 59.2. The van der Waals surface area contributed by atoms with Gasteiger partial charge in [-0.3, -0.25) is 0 Å². The smallest absolute Gasteiger partial charge is 0.416 e. The summed E-state index contributed by atoms with van der Waals surface area (Å²) in [6, 6.07) is 7.63. The number of hydrogen-bond acceptors (Lipinski definition) is 3. The first-order valence-corrected chi connectivity index (χ1v) is 8.79. The Morgan fingerprint density at radius 2 is 1.90 bits per heavy atom. The van der Waals surface area contributed by atoms with Crippen LogP contribution >= 0.6 is 0 Å². The summed E-state index contributed by atoms with van der Waals surface area (Å²) in [6.45, 7) is 3.13. The molecule has 1 unspecified atom stereocenters. The van der Waals surface area contributed by atoms with Gasteiger partial charge in [-0.25, -0.2) is 9.18 Å². The van der Waals surface area contributed by atoms with E-state index in [0.29, 0.717) is 16.7 Å². The predicted molar refractivity (Wildman–Crippen MR) is 98.8 cm³/mol. The predicted octanol–water partition coefficient (Wildman–Crippen LogP) is 5.22. The molecule has 0 radical (unpaired) electrons. The normalized spacial score (nSPS) is 16.7. The second kappa shape index (κ2) is 7.42. The molecule has 4 nitrogen and oxygen atoms in total. The van der Waals surface area contributed by atoms with Gasteiger partial charge >= 0.3 is 12.1 Å². The lowest BCUT2D eigenvalue weighted by Crippen LogP contribution is -2.33. The number of nitrogens with zero attached hydrogens (tertiary/aromatic N) is 1. The standard InChI is InChI=1S/C21H19F4NO3/c1-11-4-5-13(8-16(11)22)10-26-17-9-14(21(23,24)25)6-7-15(17)12(2)18(20(27)28)19(26)29-3/h4-9,12H,10H2,1-3H3,(H,27,28). The molecule has 0 saturated carbocycles. The van der Waals surface area contributed by atoms with Crippen LogP contribution in [0.1, 0.15) is 35.1 Å². The largest absolute Gasteiger partial charge is 0.482 e. The highest BCUT2D eigenvalue weighted by Gasteiger charge is 2.38. The molecule has 1 aliphatic rings. The number of carboxylic acid groups (broad SMARTS) is 1. The highest BCUT2D eigenvalue weighted by Crippen LogP contribution is 2.44. The topological polar surface area (TPSA) is 49.8 Å². The Bertz CT molecular complexity index is 998. The second-order valence-corrected chi connectivity index (χ2v) is 6.89. The maximum Gasteiger partial charge on any atom is 0.416 e. The highest BCUT2D eigenvalue weighted by atomic mass is 19.4. The molecule has 0 aliphatic carbocycles. The summed E-state index contributed by atoms with van der Waals surface area (Å²) in [6.07, 6.45) is -4.57. The van der Waals surface area contributed by atoms with Gasteiger partial charge in [0.15, 0.2) is 0 Å². The minimum atomic E-state index is -4.57. The zero-order chi connectivity index (χ0) is 21.5. The monoisotopic (exact) mass is 409 g/mol. The van der Waals surface area contributed by atoms with Crippen LogP contribution in [0, 0.1) is 12.7 Å². The Morgan fingerprint density at radius 1 is 1.21 bits per heavy atom. The highest BCUT2D eigenvalue weighted by molar-refractivity contribution is 5.92. The Balaban J connectivity index is 2.20. The third-order valence-electron chi connectivity index (χ3n) is 5.02. The van der Waals surface area contributed by atoms with Gasteiger partial charge in [0.25, 0.3) is 0 Å². The number of benzene rings is 2. The number of anilines is 1. The van der Waals surface area contributed by atoms with Crippen LogP contribution < -0.4 is 4.90 Å². The molecule has 2 aromatic rings. The van der Waals surface area contributed by atoms with Crippen molar-refractivity contribution in [2.45, 2.75) is 32.5 Å². The molecule has 3 rings (SSSR count). The van der Waals surface area contributed by atoms with Crippen molar-refractivity contribution in [1.29, 1.82) is 0 Å². The Morgan fingerprint density at radius 3 is 2.45 bits per heavy atom. The summed E-state index contributed by atoms with van der Waals surface area (Å²) in [5, 5.41) is 9.68. The van der Waals surface area contributed by atoms with Crippen molar-refractivity contribution < 1.29 is 32.2 Å². The molecule has 8 heteroatoms. The molecule has 1 atom stereocenters. The Labute approximate surface area is 165 Å². The van der Waals surface area contributed by atoms with E-state index in [9.17, 15) is 27.5 Å². The van der Waals surface area contributed by atoms with E-state index in [0.717, 1.165) is 12.1 Å². The number of ether oxygens (including phenoxy) is 1. The van der Waals surface area contributed by atoms with Crippen molar-refractivity contribution in [3.8, 4) is 0 Å². The van der Waals surface area contributed by atoms with Gasteiger partial charge in [0, 0.05) is 11.6 Å². The van der Waals surface area contributed by atoms with Crippen LogP contribution in [0.3, 0.4) is 0 Å². The van der Waals surface area contributed by atoms with Crippen LogP contribution in [0.5, 0.6) is 0 Å². The van der Waals surface area contributed by atoms with Crippen LogP contribution in [0.4, 0.5) is 23.2 Å². The van der Waals surface area contributed by atoms with Crippen molar-refractivity contribution in [3.05, 3.63) is 75.9 Å². The first-order valence-electron chi connectivity index (χ1n) is 8.79. The van der Waals surface area contributed by atoms with E-state index in [-0.39, 0.29) is 23.7 Å². The molecule has 0 aromatic heterocycles. The van der Waals surface area contributed by atoms with Crippen LogP contribution in [0.15, 0.2) is 47.9 Å². The number of rotatable bonds is 4. The summed E-state index contributed by atoms with van der Waals surface area (Å²) in [5.74, 6) is -2.46. The Kier molecular flexibility index (Phi) is 5.30. The molecule has 0 fully saturated rings. The molecule has 0 bridgehead atoms. The fourth-order valence-corrected chi connectivity index (χ4v) is 3.49. The van der Waals surface area contributed by atoms with Crippen molar-refractivity contribution in [2.24, 2.45) is 0 Å². The Hall–Kier alpha value is -3.03. The molecular weight excluding hydrogens is 390 g/mol. The lowest BCUT2D eigenvalue weighted by Gasteiger charge is -2.36. The zero-order valence-electron chi connectivity index (χ0n) is 16.0. The van der Waals surface area contributed by atoms with E-state index in [1.807, 2.05) is 0 Å². The number of carbonyl (C=O) groups is 1. The summed E-state index contributed by atoms with van der Waals surface area (Å²) in [7, 11) is 1.26. The number of carboxylic acids is 1. The molecule has 2 aromatic carbocycles. The summed E-state index contributed by atoms with van der Waals surface area (Å²) in [5.41, 5.74) is 0.545. The molecular formula is C21H19F4NO3. The first kappa shape index (κ1) is 20.7. The first-order chi connectivity index (χ1) is 13.5. The zero-order valence-corrected chi connectivity index (χ0v) is 16.0. The van der Waals surface area contributed by atoms with Crippen molar-refractivity contribution in [2.75, 3.05) is 12.0 Å². The maximum atomic E-state index is 14.0. The number of aryl methyl sites for hydroxylation is 1. The fourth-order valence-electron chi connectivity index (χ4n) is 3.49. The van der Waals surface area contributed by atoms with E-state index >= 15 is 0 Å². The van der Waals surface area contributed by atoms with Gasteiger partial charge < -0.3 is 14.7 Å². The lowest BCUT2D eigenvalue weighted by molar-refractivity contribution is -0.137. The summed E-state index contributed by atoms with van der Waals surface area (Å²) in [4.78, 5) is 13.2. The van der Waals surface area contributed by atoms with Gasteiger partial charge in [-0.05, 0) is 41.8 Å². The fraction of sp³-hybridized carbons (Fsp3) is 0.286. The molecule has 0 amide bonds. The molecule has 1 N–H and O–H groups in total. The minimum Gasteiger partial charge on any atom is -0.482 e. The number of methoxy groups -OCH3 is 1. The average Bonchev–Trinajstić information content (AvgIpc) is 2.65. The third-order valence-corrected chi connectivity index (χ3v) is 5.02. The quantitative estimate of drug-likeness (QED) is 0.704. The number of alkyl halides is 3. The van der Waals surface area contributed by atoms with Crippen molar-refractivity contribution in [3.63, 3.8) is 0 Å². The molecule has 1 aliphatic heterocycles. The van der Waals surface area contributed by atoms with Crippen LogP contribution in [0.2, 0.25) is 0 Å². The third kappa shape index (κ3) is 3.79. The molecule has 0 saturated heterocycles. The maximum absolute atomic E-state index is 14.0. The number of hydrogen-bond donors (Lipinski definition) is 1.